The van der Waals surface area contributed by atoms with Crippen LogP contribution in [-0.2, 0) is 0 Å². The van der Waals surface area contributed by atoms with Crippen molar-refractivity contribution in [2.45, 2.75) is 19.3 Å². The molecule has 5 N–H and O–H groups in total. The SMILES string of the molecule is Nc1ncc(-c2cccc(-c3ccccc3NC(=O)Nc3ccc(Br)cc3)c2)nc1C(=O)C[C@H]1CCCNC1. The third-order valence-electron chi connectivity index (χ3n) is 6.68. The van der Waals surface area contributed by atoms with E-state index < -0.39 is 0 Å². The maximum Gasteiger partial charge on any atom is 0.323 e. The van der Waals surface area contributed by atoms with E-state index in [-0.39, 0.29) is 29.2 Å². The van der Waals surface area contributed by atoms with Crippen molar-refractivity contribution < 1.29 is 9.59 Å². The molecule has 9 heteroatoms. The van der Waals surface area contributed by atoms with Crippen LogP contribution < -0.4 is 21.7 Å². The summed E-state index contributed by atoms with van der Waals surface area (Å²) >= 11 is 3.40. The predicted molar refractivity (Wildman–Crippen MR) is 159 cm³/mol. The van der Waals surface area contributed by atoms with Crippen LogP contribution in [0.4, 0.5) is 22.0 Å². The fourth-order valence-corrected chi connectivity index (χ4v) is 4.97. The summed E-state index contributed by atoms with van der Waals surface area (Å²) in [6.45, 7) is 1.82. The van der Waals surface area contributed by atoms with Crippen LogP contribution in [0.1, 0.15) is 29.8 Å². The molecule has 0 bridgehead atoms. The number of rotatable bonds is 7. The van der Waals surface area contributed by atoms with Gasteiger partial charge in [-0.05, 0) is 73.8 Å². The van der Waals surface area contributed by atoms with Crippen LogP contribution >= 0.6 is 15.9 Å². The number of Topliss-reactive ketones (excluding diaryl/α,β-unsaturated/α-hetero) is 1. The fraction of sp³-hybridized carbons (Fsp3) is 0.200. The summed E-state index contributed by atoms with van der Waals surface area (Å²) in [7, 11) is 0. The van der Waals surface area contributed by atoms with Crippen molar-refractivity contribution in [3.63, 3.8) is 0 Å². The summed E-state index contributed by atoms with van der Waals surface area (Å²) in [5, 5.41) is 9.14. The van der Waals surface area contributed by atoms with E-state index in [0.29, 0.717) is 23.5 Å². The van der Waals surface area contributed by atoms with Gasteiger partial charge in [0.15, 0.2) is 11.6 Å². The van der Waals surface area contributed by atoms with Crippen molar-refractivity contribution in [1.29, 1.82) is 0 Å². The number of nitrogen functional groups attached to an aromatic ring is 1. The minimum absolute atomic E-state index is 0.0852. The third kappa shape index (κ3) is 6.68. The topological polar surface area (TPSA) is 122 Å². The van der Waals surface area contributed by atoms with E-state index in [9.17, 15) is 9.59 Å². The van der Waals surface area contributed by atoms with Gasteiger partial charge in [-0.1, -0.05) is 52.3 Å². The Balaban J connectivity index is 1.37. The number of ketones is 1. The lowest BCUT2D eigenvalue weighted by Gasteiger charge is -2.21. The molecule has 2 heterocycles. The third-order valence-corrected chi connectivity index (χ3v) is 7.21. The number of anilines is 3. The lowest BCUT2D eigenvalue weighted by atomic mass is 9.93. The van der Waals surface area contributed by atoms with Gasteiger partial charge in [0, 0.05) is 27.7 Å². The van der Waals surface area contributed by atoms with Crippen LogP contribution in [0.3, 0.4) is 0 Å². The first-order valence-corrected chi connectivity index (χ1v) is 13.7. The molecule has 198 valence electrons. The van der Waals surface area contributed by atoms with E-state index in [1.165, 1.54) is 0 Å². The van der Waals surface area contributed by atoms with Crippen LogP contribution in [0.25, 0.3) is 22.4 Å². The summed E-state index contributed by atoms with van der Waals surface area (Å²) in [6.07, 6.45) is 4.07. The van der Waals surface area contributed by atoms with E-state index in [0.717, 1.165) is 47.1 Å². The predicted octanol–water partition coefficient (Wildman–Crippen LogP) is 6.37. The molecular weight excluding hydrogens is 556 g/mol. The molecule has 3 aromatic carbocycles. The number of nitrogens with two attached hydrogens (primary N) is 1. The van der Waals surface area contributed by atoms with Crippen LogP contribution in [-0.4, -0.2) is 34.9 Å². The Labute approximate surface area is 235 Å². The Morgan fingerprint density at radius 3 is 2.59 bits per heavy atom. The summed E-state index contributed by atoms with van der Waals surface area (Å²) < 4.78 is 0.933. The van der Waals surface area contributed by atoms with Crippen molar-refractivity contribution in [3.05, 3.63) is 89.2 Å². The van der Waals surface area contributed by atoms with Crippen molar-refractivity contribution in [3.8, 4) is 22.4 Å². The summed E-state index contributed by atoms with van der Waals surface area (Å²) in [6, 6.07) is 22.3. The number of carbonyl (C=O) groups excluding carboxylic acids is 2. The number of aromatic nitrogens is 2. The molecule has 1 atom stereocenters. The fourth-order valence-electron chi connectivity index (χ4n) is 4.71. The number of nitrogens with one attached hydrogen (secondary N) is 3. The van der Waals surface area contributed by atoms with Crippen LogP contribution in [0.5, 0.6) is 0 Å². The molecule has 4 aromatic rings. The standard InChI is InChI=1S/C30H29BrN6O2/c31-22-10-12-23(13-11-22)35-30(39)37-25-9-2-1-8-24(25)20-6-3-7-21(16-20)26-18-34-29(32)28(36-26)27(38)15-19-5-4-14-33-17-19/h1-3,6-13,16,18-19,33H,4-5,14-15,17H2,(H2,32,34)(H2,35,37,39)/t19-/m1/s1. The molecule has 8 nitrogen and oxygen atoms in total. The lowest BCUT2D eigenvalue weighted by molar-refractivity contribution is 0.0949. The average molecular weight is 586 g/mol. The van der Waals surface area contributed by atoms with Crippen LogP contribution in [0.15, 0.2) is 83.5 Å². The molecule has 1 saturated heterocycles. The number of urea groups is 1. The quantitative estimate of drug-likeness (QED) is 0.187. The minimum Gasteiger partial charge on any atom is -0.382 e. The number of hydrogen-bond donors (Lipinski definition) is 4. The Hall–Kier alpha value is -4.08. The average Bonchev–Trinajstić information content (AvgIpc) is 2.95. The molecule has 0 radical (unpaired) electrons. The van der Waals surface area contributed by atoms with Gasteiger partial charge >= 0.3 is 6.03 Å². The number of nitrogens with zero attached hydrogens (tertiary/aromatic N) is 2. The van der Waals surface area contributed by atoms with Crippen molar-refractivity contribution in [2.24, 2.45) is 5.92 Å². The van der Waals surface area contributed by atoms with Crippen molar-refractivity contribution >= 4 is 44.9 Å². The molecule has 39 heavy (non-hydrogen) atoms. The highest BCUT2D eigenvalue weighted by Crippen LogP contribution is 2.31. The molecule has 1 aliphatic rings. The second kappa shape index (κ2) is 12.2. The molecule has 1 aromatic heterocycles. The molecule has 0 unspecified atom stereocenters. The van der Waals surface area contributed by atoms with Crippen molar-refractivity contribution in [2.75, 3.05) is 29.5 Å². The first kappa shape index (κ1) is 26.5. The molecular formula is C30H29BrN6O2. The molecule has 0 saturated carbocycles. The number of halogens is 1. The molecule has 5 rings (SSSR count). The van der Waals surface area contributed by atoms with Gasteiger partial charge in [0.25, 0.3) is 0 Å². The molecule has 2 amide bonds. The second-order valence-electron chi connectivity index (χ2n) is 9.54. The number of carbonyl (C=O) groups is 2. The van der Waals surface area contributed by atoms with Crippen molar-refractivity contribution in [1.82, 2.24) is 15.3 Å². The largest absolute Gasteiger partial charge is 0.382 e. The van der Waals surface area contributed by atoms with E-state index in [1.54, 1.807) is 6.20 Å². The van der Waals surface area contributed by atoms with Gasteiger partial charge in [0.05, 0.1) is 17.6 Å². The number of amides is 2. The maximum absolute atomic E-state index is 13.0. The van der Waals surface area contributed by atoms with Crippen LogP contribution in [0.2, 0.25) is 0 Å². The zero-order valence-corrected chi connectivity index (χ0v) is 22.9. The van der Waals surface area contributed by atoms with Gasteiger partial charge in [-0.15, -0.1) is 0 Å². The molecule has 1 fully saturated rings. The molecule has 0 spiro atoms. The zero-order chi connectivity index (χ0) is 27.2. The monoisotopic (exact) mass is 584 g/mol. The maximum atomic E-state index is 13.0. The van der Waals surface area contributed by atoms with Crippen LogP contribution in [0, 0.1) is 5.92 Å². The summed E-state index contributed by atoms with van der Waals surface area (Å²) in [5.41, 5.74) is 10.7. The first-order valence-electron chi connectivity index (χ1n) is 12.9. The summed E-state index contributed by atoms with van der Waals surface area (Å²) in [5.74, 6) is 0.345. The normalized spacial score (nSPS) is 14.9. The van der Waals surface area contributed by atoms with Gasteiger partial charge in [-0.3, -0.25) is 4.79 Å². The van der Waals surface area contributed by atoms with Gasteiger partial charge < -0.3 is 21.7 Å². The van der Waals surface area contributed by atoms with Gasteiger partial charge in [0.1, 0.15) is 5.69 Å². The van der Waals surface area contributed by atoms with Gasteiger partial charge in [0.2, 0.25) is 0 Å². The smallest absolute Gasteiger partial charge is 0.323 e. The number of piperidine rings is 1. The lowest BCUT2D eigenvalue weighted by Crippen LogP contribution is -2.31. The summed E-state index contributed by atoms with van der Waals surface area (Å²) in [4.78, 5) is 34.7. The van der Waals surface area contributed by atoms with Gasteiger partial charge in [-0.2, -0.15) is 0 Å². The number of hydrogen-bond acceptors (Lipinski definition) is 6. The van der Waals surface area contributed by atoms with E-state index in [1.807, 2.05) is 72.8 Å². The Kier molecular flexibility index (Phi) is 8.29. The van der Waals surface area contributed by atoms with E-state index in [2.05, 4.69) is 41.8 Å². The Morgan fingerprint density at radius 2 is 1.79 bits per heavy atom. The minimum atomic E-state index is -0.346. The highest BCUT2D eigenvalue weighted by molar-refractivity contribution is 9.10. The first-order chi connectivity index (χ1) is 19.0. The highest BCUT2D eigenvalue weighted by atomic mass is 79.9. The number of benzene rings is 3. The number of para-hydroxylation sites is 1. The highest BCUT2D eigenvalue weighted by Gasteiger charge is 2.21. The van der Waals surface area contributed by atoms with E-state index >= 15 is 0 Å². The molecule has 1 aliphatic heterocycles. The van der Waals surface area contributed by atoms with Gasteiger partial charge in [-0.25, -0.2) is 14.8 Å². The Morgan fingerprint density at radius 1 is 1.00 bits per heavy atom. The second-order valence-corrected chi connectivity index (χ2v) is 10.5. The van der Waals surface area contributed by atoms with E-state index in [4.69, 9.17) is 5.73 Å². The Bertz CT molecular complexity index is 1490. The zero-order valence-electron chi connectivity index (χ0n) is 21.3. The molecule has 0 aliphatic carbocycles.